The molecule has 0 radical (unpaired) electrons. The Balaban J connectivity index is 1.95. The van der Waals surface area contributed by atoms with Crippen molar-refractivity contribution in [2.75, 3.05) is 11.9 Å². The molecule has 130 valence electrons. The number of aryl methyl sites for hydroxylation is 1. The fourth-order valence-electron chi connectivity index (χ4n) is 2.11. The summed E-state index contributed by atoms with van der Waals surface area (Å²) in [4.78, 5) is 11.2. The number of nitrogens with one attached hydrogen (secondary N) is 2. The van der Waals surface area contributed by atoms with Crippen molar-refractivity contribution in [1.29, 1.82) is 0 Å². The fourth-order valence-corrected chi connectivity index (χ4v) is 3.03. The zero-order chi connectivity index (χ0) is 18.3. The van der Waals surface area contributed by atoms with Gasteiger partial charge in [0.05, 0.1) is 11.4 Å². The first-order valence-electron chi connectivity index (χ1n) is 7.86. The maximum atomic E-state index is 12.2. The van der Waals surface area contributed by atoms with Crippen molar-refractivity contribution in [1.82, 2.24) is 4.72 Å². The van der Waals surface area contributed by atoms with Crippen molar-refractivity contribution in [3.8, 4) is 11.8 Å². The van der Waals surface area contributed by atoms with Crippen LogP contribution < -0.4 is 10.0 Å². The Labute approximate surface area is 148 Å². The summed E-state index contributed by atoms with van der Waals surface area (Å²) in [5, 5.41) is 2.67. The first-order valence-corrected chi connectivity index (χ1v) is 9.34. The van der Waals surface area contributed by atoms with Gasteiger partial charge in [-0.05, 0) is 48.4 Å². The SMILES string of the molecule is CCc1ccc(S(=O)(=O)NCC#Cc2ccc(NC(C)=O)cc2)cc1. The van der Waals surface area contributed by atoms with Gasteiger partial charge in [0.15, 0.2) is 0 Å². The number of hydrogen-bond acceptors (Lipinski definition) is 3. The highest BCUT2D eigenvalue weighted by Crippen LogP contribution is 2.11. The molecular weight excluding hydrogens is 336 g/mol. The first-order chi connectivity index (χ1) is 11.9. The van der Waals surface area contributed by atoms with E-state index in [-0.39, 0.29) is 17.3 Å². The third-order valence-electron chi connectivity index (χ3n) is 3.43. The molecule has 0 saturated carbocycles. The van der Waals surface area contributed by atoms with Crippen molar-refractivity contribution in [2.24, 2.45) is 0 Å². The molecule has 2 N–H and O–H groups in total. The Morgan fingerprint density at radius 1 is 1.04 bits per heavy atom. The van der Waals surface area contributed by atoms with Crippen LogP contribution in [0.4, 0.5) is 5.69 Å². The minimum absolute atomic E-state index is 0.0192. The van der Waals surface area contributed by atoms with Crippen molar-refractivity contribution < 1.29 is 13.2 Å². The average molecular weight is 356 g/mol. The molecule has 0 aromatic heterocycles. The van der Waals surface area contributed by atoms with Crippen LogP contribution in [0, 0.1) is 11.8 Å². The van der Waals surface area contributed by atoms with Crippen LogP contribution in [0.1, 0.15) is 25.0 Å². The summed E-state index contributed by atoms with van der Waals surface area (Å²) in [5.41, 5.74) is 2.51. The van der Waals surface area contributed by atoms with Crippen LogP contribution in [-0.4, -0.2) is 20.9 Å². The number of sulfonamides is 1. The third kappa shape index (κ3) is 5.75. The normalized spacial score (nSPS) is 10.6. The van der Waals surface area contributed by atoms with E-state index in [0.717, 1.165) is 17.5 Å². The van der Waals surface area contributed by atoms with Gasteiger partial charge in [-0.2, -0.15) is 4.72 Å². The first kappa shape index (κ1) is 18.7. The van der Waals surface area contributed by atoms with Crippen molar-refractivity contribution in [3.63, 3.8) is 0 Å². The molecule has 0 heterocycles. The van der Waals surface area contributed by atoms with Crippen molar-refractivity contribution >= 4 is 21.6 Å². The van der Waals surface area contributed by atoms with E-state index in [4.69, 9.17) is 0 Å². The van der Waals surface area contributed by atoms with Gasteiger partial charge in [-0.15, -0.1) is 0 Å². The topological polar surface area (TPSA) is 75.3 Å². The lowest BCUT2D eigenvalue weighted by molar-refractivity contribution is -0.114. The summed E-state index contributed by atoms with van der Waals surface area (Å²) in [6, 6.07) is 13.8. The molecule has 0 bridgehead atoms. The van der Waals surface area contributed by atoms with Crippen molar-refractivity contribution in [2.45, 2.75) is 25.2 Å². The minimum atomic E-state index is -3.56. The van der Waals surface area contributed by atoms with Gasteiger partial charge in [-0.25, -0.2) is 8.42 Å². The molecule has 0 aliphatic rings. The molecule has 2 aromatic rings. The number of carbonyl (C=O) groups excluding carboxylic acids is 1. The number of benzene rings is 2. The highest BCUT2D eigenvalue weighted by atomic mass is 32.2. The van der Waals surface area contributed by atoms with Crippen LogP contribution >= 0.6 is 0 Å². The Morgan fingerprint density at radius 3 is 2.24 bits per heavy atom. The predicted octanol–water partition coefficient (Wildman–Crippen LogP) is 2.54. The van der Waals surface area contributed by atoms with E-state index in [0.29, 0.717) is 5.69 Å². The van der Waals surface area contributed by atoms with Gasteiger partial charge in [0.1, 0.15) is 0 Å². The molecule has 2 rings (SSSR count). The fraction of sp³-hybridized carbons (Fsp3) is 0.211. The maximum absolute atomic E-state index is 12.2. The van der Waals surface area contributed by atoms with Crippen LogP contribution in [-0.2, 0) is 21.2 Å². The molecule has 6 heteroatoms. The lowest BCUT2D eigenvalue weighted by Crippen LogP contribution is -2.24. The number of amides is 1. The largest absolute Gasteiger partial charge is 0.326 e. The van der Waals surface area contributed by atoms with Crippen LogP contribution in [0.15, 0.2) is 53.4 Å². The molecule has 0 fully saturated rings. The van der Waals surface area contributed by atoms with E-state index in [1.807, 2.05) is 6.92 Å². The molecule has 5 nitrogen and oxygen atoms in total. The lowest BCUT2D eigenvalue weighted by atomic mass is 10.2. The van der Waals surface area contributed by atoms with Crippen LogP contribution in [0.25, 0.3) is 0 Å². The summed E-state index contributed by atoms with van der Waals surface area (Å²) in [6.45, 7) is 3.47. The zero-order valence-corrected chi connectivity index (χ0v) is 15.0. The lowest BCUT2D eigenvalue weighted by Gasteiger charge is -2.04. The van der Waals surface area contributed by atoms with Crippen LogP contribution in [0.2, 0.25) is 0 Å². The monoisotopic (exact) mass is 356 g/mol. The van der Waals surface area contributed by atoms with E-state index in [1.54, 1.807) is 48.5 Å². The van der Waals surface area contributed by atoms with Gasteiger partial charge in [-0.1, -0.05) is 30.9 Å². The van der Waals surface area contributed by atoms with Crippen LogP contribution in [0.5, 0.6) is 0 Å². The van der Waals surface area contributed by atoms with Gasteiger partial charge < -0.3 is 5.32 Å². The molecule has 2 aromatic carbocycles. The van der Waals surface area contributed by atoms with Gasteiger partial charge in [0, 0.05) is 18.2 Å². The van der Waals surface area contributed by atoms with Gasteiger partial charge >= 0.3 is 0 Å². The summed E-state index contributed by atoms with van der Waals surface area (Å²) in [7, 11) is -3.56. The number of hydrogen-bond donors (Lipinski definition) is 2. The average Bonchev–Trinajstić information content (AvgIpc) is 2.60. The molecule has 0 atom stereocenters. The Hall–Kier alpha value is -2.62. The molecular formula is C19H20N2O3S. The number of anilines is 1. The molecule has 1 amide bonds. The maximum Gasteiger partial charge on any atom is 0.241 e. The standard InChI is InChI=1S/C19H20N2O3S/c1-3-16-8-12-19(13-9-16)25(23,24)20-14-4-5-17-6-10-18(11-7-17)21-15(2)22/h6-13,20H,3,14H2,1-2H3,(H,21,22). The Morgan fingerprint density at radius 2 is 1.68 bits per heavy atom. The van der Waals surface area contributed by atoms with E-state index in [1.165, 1.54) is 6.92 Å². The molecule has 0 spiro atoms. The summed E-state index contributed by atoms with van der Waals surface area (Å²) in [5.74, 6) is 5.52. The highest BCUT2D eigenvalue weighted by molar-refractivity contribution is 7.89. The molecule has 0 saturated heterocycles. The minimum Gasteiger partial charge on any atom is -0.326 e. The second kappa shape index (κ2) is 8.47. The summed E-state index contributed by atoms with van der Waals surface area (Å²) < 4.78 is 26.8. The van der Waals surface area contributed by atoms with Crippen LogP contribution in [0.3, 0.4) is 0 Å². The molecule has 0 unspecified atom stereocenters. The molecule has 0 aliphatic carbocycles. The second-order valence-corrected chi connectivity index (χ2v) is 7.15. The number of carbonyl (C=O) groups is 1. The zero-order valence-electron chi connectivity index (χ0n) is 14.2. The summed E-state index contributed by atoms with van der Waals surface area (Å²) >= 11 is 0. The van der Waals surface area contributed by atoms with E-state index < -0.39 is 10.0 Å². The van der Waals surface area contributed by atoms with E-state index >= 15 is 0 Å². The van der Waals surface area contributed by atoms with Gasteiger partial charge in [-0.3, -0.25) is 4.79 Å². The smallest absolute Gasteiger partial charge is 0.241 e. The van der Waals surface area contributed by atoms with E-state index in [9.17, 15) is 13.2 Å². The van der Waals surface area contributed by atoms with Gasteiger partial charge in [0.2, 0.25) is 15.9 Å². The third-order valence-corrected chi connectivity index (χ3v) is 4.85. The van der Waals surface area contributed by atoms with Gasteiger partial charge in [0.25, 0.3) is 0 Å². The Bertz CT molecular complexity index is 890. The predicted molar refractivity (Wildman–Crippen MR) is 98.6 cm³/mol. The van der Waals surface area contributed by atoms with Crippen molar-refractivity contribution in [3.05, 3.63) is 59.7 Å². The molecule has 25 heavy (non-hydrogen) atoms. The highest BCUT2D eigenvalue weighted by Gasteiger charge is 2.11. The quantitative estimate of drug-likeness (QED) is 0.809. The summed E-state index contributed by atoms with van der Waals surface area (Å²) in [6.07, 6.45) is 0.861. The molecule has 0 aliphatic heterocycles. The van der Waals surface area contributed by atoms with E-state index in [2.05, 4.69) is 21.9 Å². The second-order valence-electron chi connectivity index (χ2n) is 5.38. The number of rotatable bonds is 5. The Kier molecular flexibility index (Phi) is 6.34.